The van der Waals surface area contributed by atoms with Crippen LogP contribution in [0.1, 0.15) is 43.5 Å². The monoisotopic (exact) mass is 294 g/mol. The van der Waals surface area contributed by atoms with Crippen molar-refractivity contribution >= 4 is 11.3 Å². The molecule has 1 aliphatic carbocycles. The van der Waals surface area contributed by atoms with E-state index >= 15 is 0 Å². The second kappa shape index (κ2) is 6.56. The molecule has 1 aromatic heterocycles. The van der Waals surface area contributed by atoms with Crippen LogP contribution in [0.4, 0.5) is 0 Å². The van der Waals surface area contributed by atoms with Crippen LogP contribution < -0.4 is 5.32 Å². The maximum Gasteiger partial charge on any atom is 0.0707 e. The highest BCUT2D eigenvalue weighted by atomic mass is 32.1. The van der Waals surface area contributed by atoms with Gasteiger partial charge in [-0.2, -0.15) is 0 Å². The molecular formula is C16H26N2OS. The fraction of sp³-hybridized carbons (Fsp3) is 0.750. The molecule has 0 bridgehead atoms. The SMILES string of the molecule is CC(c1cccs1)N(C)CC1CCC(CNC2CC2)O1. The first-order valence-corrected chi connectivity index (χ1v) is 8.73. The van der Waals surface area contributed by atoms with Crippen LogP contribution in [0.25, 0.3) is 0 Å². The fourth-order valence-electron chi connectivity index (χ4n) is 2.88. The van der Waals surface area contributed by atoms with Crippen molar-refractivity contribution in [1.29, 1.82) is 0 Å². The van der Waals surface area contributed by atoms with E-state index in [1.807, 2.05) is 11.3 Å². The van der Waals surface area contributed by atoms with Gasteiger partial charge in [-0.3, -0.25) is 4.90 Å². The first-order chi connectivity index (χ1) is 9.72. The minimum Gasteiger partial charge on any atom is -0.372 e. The van der Waals surface area contributed by atoms with Crippen LogP contribution in [0.15, 0.2) is 17.5 Å². The van der Waals surface area contributed by atoms with E-state index in [2.05, 4.69) is 41.7 Å². The molecule has 1 aliphatic heterocycles. The van der Waals surface area contributed by atoms with Crippen molar-refractivity contribution < 1.29 is 4.74 Å². The zero-order valence-electron chi connectivity index (χ0n) is 12.5. The summed E-state index contributed by atoms with van der Waals surface area (Å²) in [5, 5.41) is 5.74. The van der Waals surface area contributed by atoms with Crippen molar-refractivity contribution in [3.05, 3.63) is 22.4 Å². The van der Waals surface area contributed by atoms with E-state index in [9.17, 15) is 0 Å². The van der Waals surface area contributed by atoms with Gasteiger partial charge in [-0.1, -0.05) is 6.07 Å². The van der Waals surface area contributed by atoms with Crippen LogP contribution in [-0.2, 0) is 4.74 Å². The minimum atomic E-state index is 0.411. The van der Waals surface area contributed by atoms with Crippen LogP contribution in [0.5, 0.6) is 0 Å². The molecule has 1 N–H and O–H groups in total. The molecule has 3 rings (SSSR count). The normalized spacial score (nSPS) is 28.1. The average molecular weight is 294 g/mol. The Balaban J connectivity index is 1.41. The zero-order chi connectivity index (χ0) is 13.9. The molecule has 0 amide bonds. The van der Waals surface area contributed by atoms with Crippen molar-refractivity contribution in [2.24, 2.45) is 0 Å². The second-order valence-corrected chi connectivity index (χ2v) is 7.25. The Kier molecular flexibility index (Phi) is 4.76. The van der Waals surface area contributed by atoms with Crippen molar-refractivity contribution in [1.82, 2.24) is 10.2 Å². The third kappa shape index (κ3) is 3.82. The first kappa shape index (κ1) is 14.5. The molecule has 2 fully saturated rings. The van der Waals surface area contributed by atoms with Gasteiger partial charge in [0.05, 0.1) is 12.2 Å². The third-order valence-electron chi connectivity index (χ3n) is 4.51. The lowest BCUT2D eigenvalue weighted by Gasteiger charge is -2.26. The minimum absolute atomic E-state index is 0.411. The van der Waals surface area contributed by atoms with E-state index < -0.39 is 0 Å². The summed E-state index contributed by atoms with van der Waals surface area (Å²) in [4.78, 5) is 3.87. The summed E-state index contributed by atoms with van der Waals surface area (Å²) in [5.41, 5.74) is 0. The van der Waals surface area contributed by atoms with Gasteiger partial charge in [-0.05, 0) is 51.1 Å². The standard InChI is InChI=1S/C16H26N2OS/c1-12(16-4-3-9-20-16)18(2)11-15-8-7-14(19-15)10-17-13-5-6-13/h3-4,9,12-15,17H,5-8,10-11H2,1-2H3. The Labute approximate surface area is 126 Å². The van der Waals surface area contributed by atoms with Gasteiger partial charge in [0.1, 0.15) is 0 Å². The number of likely N-dealkylation sites (N-methyl/N-ethyl adjacent to an activating group) is 1. The molecule has 1 saturated heterocycles. The predicted molar refractivity (Wildman–Crippen MR) is 84.3 cm³/mol. The van der Waals surface area contributed by atoms with Crippen molar-refractivity contribution in [3.63, 3.8) is 0 Å². The highest BCUT2D eigenvalue weighted by Gasteiger charge is 2.29. The summed E-state index contributed by atoms with van der Waals surface area (Å²) in [6, 6.07) is 5.64. The summed E-state index contributed by atoms with van der Waals surface area (Å²) >= 11 is 1.84. The van der Waals surface area contributed by atoms with Gasteiger partial charge in [0.25, 0.3) is 0 Å². The molecule has 0 radical (unpaired) electrons. The summed E-state index contributed by atoms with van der Waals surface area (Å²) in [6.07, 6.45) is 5.98. The molecule has 20 heavy (non-hydrogen) atoms. The van der Waals surface area contributed by atoms with E-state index in [1.54, 1.807) is 0 Å². The van der Waals surface area contributed by atoms with E-state index in [1.165, 1.54) is 30.6 Å². The topological polar surface area (TPSA) is 24.5 Å². The Bertz CT molecular complexity index is 405. The lowest BCUT2D eigenvalue weighted by molar-refractivity contribution is 0.0218. The fourth-order valence-corrected chi connectivity index (χ4v) is 3.72. The first-order valence-electron chi connectivity index (χ1n) is 7.85. The highest BCUT2D eigenvalue weighted by molar-refractivity contribution is 7.10. The molecule has 1 aromatic rings. The van der Waals surface area contributed by atoms with Crippen molar-refractivity contribution in [2.75, 3.05) is 20.1 Å². The maximum absolute atomic E-state index is 6.18. The maximum atomic E-state index is 6.18. The van der Waals surface area contributed by atoms with Crippen molar-refractivity contribution in [3.8, 4) is 0 Å². The van der Waals surface area contributed by atoms with Crippen molar-refractivity contribution in [2.45, 2.75) is 56.9 Å². The lowest BCUT2D eigenvalue weighted by atomic mass is 10.1. The Morgan fingerprint density at radius 2 is 2.15 bits per heavy atom. The highest BCUT2D eigenvalue weighted by Crippen LogP contribution is 2.27. The van der Waals surface area contributed by atoms with E-state index in [0.717, 1.165) is 19.1 Å². The van der Waals surface area contributed by atoms with E-state index in [-0.39, 0.29) is 0 Å². The lowest BCUT2D eigenvalue weighted by Crippen LogP contribution is -2.33. The number of nitrogens with one attached hydrogen (secondary N) is 1. The molecule has 1 saturated carbocycles. The Morgan fingerprint density at radius 1 is 1.35 bits per heavy atom. The number of ether oxygens (including phenoxy) is 1. The van der Waals surface area contributed by atoms with E-state index in [0.29, 0.717) is 18.2 Å². The third-order valence-corrected chi connectivity index (χ3v) is 5.56. The number of rotatable bonds is 7. The van der Waals surface area contributed by atoms with Gasteiger partial charge in [-0.25, -0.2) is 0 Å². The second-order valence-electron chi connectivity index (χ2n) is 6.27. The Hall–Kier alpha value is -0.420. The van der Waals surface area contributed by atoms with Gasteiger partial charge in [0.2, 0.25) is 0 Å². The largest absolute Gasteiger partial charge is 0.372 e. The van der Waals surface area contributed by atoms with Crippen LogP contribution in [0.2, 0.25) is 0 Å². The predicted octanol–water partition coefficient (Wildman–Crippen LogP) is 3.04. The molecular weight excluding hydrogens is 268 g/mol. The number of hydrogen-bond donors (Lipinski definition) is 1. The quantitative estimate of drug-likeness (QED) is 0.836. The van der Waals surface area contributed by atoms with Gasteiger partial charge in [0.15, 0.2) is 0 Å². The summed E-state index contributed by atoms with van der Waals surface area (Å²) < 4.78 is 6.18. The number of thiophene rings is 1. The summed E-state index contributed by atoms with van der Waals surface area (Å²) in [6.45, 7) is 4.37. The molecule has 2 aliphatic rings. The average Bonchev–Trinajstić information content (AvgIpc) is 2.93. The molecule has 2 heterocycles. The van der Waals surface area contributed by atoms with Crippen LogP contribution in [0, 0.1) is 0 Å². The van der Waals surface area contributed by atoms with Crippen LogP contribution >= 0.6 is 11.3 Å². The number of nitrogens with zero attached hydrogens (tertiary/aromatic N) is 1. The Morgan fingerprint density at radius 3 is 2.85 bits per heavy atom. The van der Waals surface area contributed by atoms with Gasteiger partial charge in [0, 0.05) is 30.1 Å². The summed E-state index contributed by atoms with van der Waals surface area (Å²) in [5.74, 6) is 0. The van der Waals surface area contributed by atoms with Gasteiger partial charge in [-0.15, -0.1) is 11.3 Å². The molecule has 4 heteroatoms. The van der Waals surface area contributed by atoms with Gasteiger partial charge < -0.3 is 10.1 Å². The van der Waals surface area contributed by atoms with Gasteiger partial charge >= 0.3 is 0 Å². The smallest absolute Gasteiger partial charge is 0.0707 e. The molecule has 0 aromatic carbocycles. The van der Waals surface area contributed by atoms with Crippen LogP contribution in [0.3, 0.4) is 0 Å². The molecule has 112 valence electrons. The summed E-state index contributed by atoms with van der Waals surface area (Å²) in [7, 11) is 2.21. The van der Waals surface area contributed by atoms with Crippen LogP contribution in [-0.4, -0.2) is 43.3 Å². The molecule has 3 unspecified atom stereocenters. The molecule has 3 nitrogen and oxygen atoms in total. The molecule has 0 spiro atoms. The zero-order valence-corrected chi connectivity index (χ0v) is 13.4. The number of hydrogen-bond acceptors (Lipinski definition) is 4. The molecule has 3 atom stereocenters. The van der Waals surface area contributed by atoms with E-state index in [4.69, 9.17) is 4.74 Å².